The fraction of sp³-hybridized carbons (Fsp3) is 0.556. The molecule has 0 spiro atoms. The van der Waals surface area contributed by atoms with Crippen LogP contribution >= 0.6 is 11.6 Å². The van der Waals surface area contributed by atoms with Crippen molar-refractivity contribution in [1.29, 1.82) is 0 Å². The topological polar surface area (TPSA) is 75.4 Å². The number of benzene rings is 1. The summed E-state index contributed by atoms with van der Waals surface area (Å²) in [5.41, 5.74) is 0.338. The number of urea groups is 1. The Morgan fingerprint density at radius 3 is 2.28 bits per heavy atom. The van der Waals surface area contributed by atoms with Crippen LogP contribution in [-0.2, 0) is 4.79 Å². The summed E-state index contributed by atoms with van der Waals surface area (Å²) in [6, 6.07) is -0.563. The van der Waals surface area contributed by atoms with Crippen LogP contribution in [-0.4, -0.2) is 47.8 Å². The van der Waals surface area contributed by atoms with Crippen molar-refractivity contribution in [2.45, 2.75) is 36.7 Å². The maximum atomic E-state index is 14.9. The average molecular weight is 494 g/mol. The zero-order chi connectivity index (χ0) is 24.2. The summed E-state index contributed by atoms with van der Waals surface area (Å²) in [7, 11) is 0. The number of carbonyl (C=O) groups is 2. The molecule has 5 nitrogen and oxygen atoms in total. The lowest BCUT2D eigenvalue weighted by Gasteiger charge is -2.54. The lowest BCUT2D eigenvalue weighted by Crippen LogP contribution is -2.77. The first-order valence-electron chi connectivity index (χ1n) is 9.26. The molecule has 1 heterocycles. The molecular weight excluding hydrogens is 478 g/mol. The lowest BCUT2D eigenvalue weighted by atomic mass is 9.59. The molecule has 3 N–H and O–H groups in total. The number of nitrogens with one attached hydrogen (secondary N) is 1. The van der Waals surface area contributed by atoms with Crippen molar-refractivity contribution in [3.05, 3.63) is 34.4 Å². The predicted molar refractivity (Wildman–Crippen MR) is 94.5 cm³/mol. The number of hydrogen-bond acceptors (Lipinski definition) is 2. The number of halogens is 9. The summed E-state index contributed by atoms with van der Waals surface area (Å²) < 4.78 is 112. The van der Waals surface area contributed by atoms with Crippen LogP contribution in [0.2, 0.25) is 5.02 Å². The van der Waals surface area contributed by atoms with Crippen LogP contribution in [0.5, 0.6) is 0 Å². The molecule has 2 fully saturated rings. The molecule has 1 saturated heterocycles. The van der Waals surface area contributed by atoms with E-state index in [0.29, 0.717) is 12.1 Å². The number of amides is 3. The van der Waals surface area contributed by atoms with Gasteiger partial charge in [0, 0.05) is 19.0 Å². The van der Waals surface area contributed by atoms with Gasteiger partial charge in [-0.15, -0.1) is 0 Å². The Hall–Kier alpha value is -2.31. The van der Waals surface area contributed by atoms with E-state index in [2.05, 4.69) is 0 Å². The van der Waals surface area contributed by atoms with Crippen LogP contribution in [0.4, 0.5) is 39.9 Å². The number of nitrogens with zero attached hydrogens (tertiary/aromatic N) is 1. The smallest absolute Gasteiger partial charge is 0.352 e. The van der Waals surface area contributed by atoms with Crippen molar-refractivity contribution in [3.63, 3.8) is 0 Å². The Morgan fingerprint density at radius 1 is 1.19 bits per heavy atom. The third kappa shape index (κ3) is 3.63. The van der Waals surface area contributed by atoms with E-state index in [1.165, 1.54) is 0 Å². The molecule has 178 valence electrons. The number of carbonyl (C=O) groups excluding carboxylic acids is 2. The van der Waals surface area contributed by atoms with Gasteiger partial charge in [0.05, 0.1) is 5.92 Å². The van der Waals surface area contributed by atoms with Gasteiger partial charge in [0.15, 0.2) is 0 Å². The summed E-state index contributed by atoms with van der Waals surface area (Å²) in [5, 5.41) is 0.748. The maximum Gasteiger partial charge on any atom is 0.421 e. The number of piperazine rings is 1. The van der Waals surface area contributed by atoms with E-state index >= 15 is 0 Å². The second-order valence-electron chi connectivity index (χ2n) is 7.72. The van der Waals surface area contributed by atoms with E-state index in [1.54, 1.807) is 0 Å². The SMILES string of the molecule is NC(=O)N1CCNC(=O)C1([C@H](c1ccc(F)c(Cl)c1F)C1CC(C(F)(F)F)C1)C(F)(F)F. The van der Waals surface area contributed by atoms with Gasteiger partial charge in [-0.05, 0) is 30.4 Å². The average Bonchev–Trinajstić information content (AvgIpc) is 2.61. The molecule has 1 aromatic carbocycles. The number of rotatable bonds is 3. The Bertz CT molecular complexity index is 932. The van der Waals surface area contributed by atoms with Crippen molar-refractivity contribution in [3.8, 4) is 0 Å². The highest BCUT2D eigenvalue weighted by molar-refractivity contribution is 6.31. The minimum absolute atomic E-state index is 0.0197. The highest BCUT2D eigenvalue weighted by Gasteiger charge is 2.73. The summed E-state index contributed by atoms with van der Waals surface area (Å²) >= 11 is 5.51. The Balaban J connectivity index is 2.28. The molecule has 1 aliphatic heterocycles. The van der Waals surface area contributed by atoms with Gasteiger partial charge in [-0.1, -0.05) is 17.7 Å². The van der Waals surface area contributed by atoms with E-state index < -0.39 is 95.7 Å². The molecule has 32 heavy (non-hydrogen) atoms. The van der Waals surface area contributed by atoms with Crippen molar-refractivity contribution in [2.24, 2.45) is 17.6 Å². The Kier molecular flexibility index (Phi) is 6.03. The molecule has 3 amide bonds. The van der Waals surface area contributed by atoms with Gasteiger partial charge in [-0.25, -0.2) is 13.6 Å². The zero-order valence-electron chi connectivity index (χ0n) is 16.0. The maximum absolute atomic E-state index is 14.9. The minimum atomic E-state index is -5.59. The molecule has 3 rings (SSSR count). The Morgan fingerprint density at radius 2 is 1.78 bits per heavy atom. The summed E-state index contributed by atoms with van der Waals surface area (Å²) in [6.45, 7) is -1.15. The summed E-state index contributed by atoms with van der Waals surface area (Å²) in [6.07, 6.45) is -12.1. The molecule has 14 heteroatoms. The number of primary amides is 1. The second-order valence-corrected chi connectivity index (χ2v) is 8.10. The van der Waals surface area contributed by atoms with Crippen molar-refractivity contribution in [2.75, 3.05) is 13.1 Å². The third-order valence-corrected chi connectivity index (χ3v) is 6.40. The van der Waals surface area contributed by atoms with Crippen LogP contribution in [0.3, 0.4) is 0 Å². The molecule has 2 aliphatic rings. The summed E-state index contributed by atoms with van der Waals surface area (Å²) in [5.74, 6) is -10.7. The van der Waals surface area contributed by atoms with Gasteiger partial charge < -0.3 is 11.1 Å². The fourth-order valence-corrected chi connectivity index (χ4v) is 4.74. The van der Waals surface area contributed by atoms with Crippen LogP contribution < -0.4 is 11.1 Å². The van der Waals surface area contributed by atoms with Crippen molar-refractivity contribution < 1.29 is 44.7 Å². The molecule has 0 bridgehead atoms. The monoisotopic (exact) mass is 493 g/mol. The minimum Gasteiger partial charge on any atom is -0.352 e. The summed E-state index contributed by atoms with van der Waals surface area (Å²) in [4.78, 5) is 24.7. The van der Waals surface area contributed by atoms with Crippen molar-refractivity contribution >= 4 is 23.5 Å². The van der Waals surface area contributed by atoms with Crippen molar-refractivity contribution in [1.82, 2.24) is 10.2 Å². The molecule has 0 radical (unpaired) electrons. The van der Waals surface area contributed by atoms with E-state index in [4.69, 9.17) is 17.3 Å². The van der Waals surface area contributed by atoms with E-state index in [-0.39, 0.29) is 4.90 Å². The first kappa shape index (κ1) is 24.3. The van der Waals surface area contributed by atoms with Gasteiger partial charge in [0.25, 0.3) is 5.91 Å². The molecule has 2 atom stereocenters. The first-order valence-corrected chi connectivity index (χ1v) is 9.64. The number of nitrogens with two attached hydrogens (primary N) is 1. The first-order chi connectivity index (χ1) is 14.6. The molecule has 1 aliphatic carbocycles. The molecule has 1 aromatic rings. The lowest BCUT2D eigenvalue weighted by molar-refractivity contribution is -0.247. The largest absolute Gasteiger partial charge is 0.421 e. The predicted octanol–water partition coefficient (Wildman–Crippen LogP) is 4.10. The van der Waals surface area contributed by atoms with E-state index in [9.17, 15) is 44.7 Å². The molecule has 0 aromatic heterocycles. The molecule has 1 saturated carbocycles. The van der Waals surface area contributed by atoms with E-state index in [0.717, 1.165) is 0 Å². The number of alkyl halides is 6. The standard InChI is InChI=1S/C18H16ClF8N3O2/c19-12-10(20)2-1-9(13(12)21)11(7-5-8(6-7)17(22,23)24)16(18(25,26)27)14(31)29-3-4-30(16)15(28)32/h1-2,7-8,11H,3-6H2,(H2,28,32)(H,29,31)/t7?,8?,11-,16?/m0/s1. The van der Waals surface area contributed by atoms with Gasteiger partial charge >= 0.3 is 18.4 Å². The third-order valence-electron chi connectivity index (χ3n) is 6.05. The van der Waals surface area contributed by atoms with Crippen LogP contribution in [0.1, 0.15) is 24.3 Å². The van der Waals surface area contributed by atoms with E-state index in [1.807, 2.05) is 5.32 Å². The van der Waals surface area contributed by atoms with Crippen LogP contribution in [0.25, 0.3) is 0 Å². The highest BCUT2D eigenvalue weighted by Crippen LogP contribution is 2.58. The van der Waals surface area contributed by atoms with Crippen LogP contribution in [0.15, 0.2) is 12.1 Å². The Labute approximate surface area is 180 Å². The zero-order valence-corrected chi connectivity index (χ0v) is 16.7. The van der Waals surface area contributed by atoms with Gasteiger partial charge in [-0.2, -0.15) is 26.3 Å². The normalized spacial score (nSPS) is 27.5. The van der Waals surface area contributed by atoms with Crippen LogP contribution in [0, 0.1) is 23.5 Å². The fourth-order valence-electron chi connectivity index (χ4n) is 4.57. The quantitative estimate of drug-likeness (QED) is 0.491. The highest BCUT2D eigenvalue weighted by atomic mass is 35.5. The molecular formula is C18H16ClF8N3O2. The number of hydrogen-bond donors (Lipinski definition) is 2. The molecule has 1 unspecified atom stereocenters. The van der Waals surface area contributed by atoms with Gasteiger partial charge in [-0.3, -0.25) is 9.69 Å². The van der Waals surface area contributed by atoms with Gasteiger partial charge in [0.2, 0.25) is 5.54 Å². The van der Waals surface area contributed by atoms with Gasteiger partial charge in [0.1, 0.15) is 16.7 Å². The second kappa shape index (κ2) is 7.92.